The van der Waals surface area contributed by atoms with Crippen LogP contribution in [0.15, 0.2) is 28.7 Å². The number of fused-ring (bicyclic) bond motifs is 1. The molecule has 0 aliphatic carbocycles. The smallest absolute Gasteiger partial charge is 0.231 e. The number of nitrogens with zero attached hydrogens (tertiary/aromatic N) is 3. The fraction of sp³-hybridized carbons (Fsp3) is 0.231. The number of H-pyrrole nitrogens is 1. The monoisotopic (exact) mass is 319 g/mol. The molecule has 0 fully saturated rings. The third kappa shape index (κ3) is 1.92. The summed E-state index contributed by atoms with van der Waals surface area (Å²) < 4.78 is 2.47. The molecule has 2 aromatic heterocycles. The SMILES string of the molecule is CC(C)c1nn(-c2nc3ccccc3[nH]2)c(N)c1Br. The number of nitrogens with one attached hydrogen (secondary N) is 1. The number of aromatic nitrogens is 4. The van der Waals surface area contributed by atoms with Gasteiger partial charge >= 0.3 is 0 Å². The predicted molar refractivity (Wildman–Crippen MR) is 79.4 cm³/mol. The molecule has 0 radical (unpaired) electrons. The second kappa shape index (κ2) is 4.38. The maximum atomic E-state index is 6.09. The number of rotatable bonds is 2. The van der Waals surface area contributed by atoms with Crippen LogP contribution in [0.1, 0.15) is 25.5 Å². The predicted octanol–water partition coefficient (Wildman–Crippen LogP) is 3.22. The largest absolute Gasteiger partial charge is 0.383 e. The third-order valence-electron chi connectivity index (χ3n) is 3.01. The molecule has 5 nitrogen and oxygen atoms in total. The van der Waals surface area contributed by atoms with E-state index >= 15 is 0 Å². The van der Waals surface area contributed by atoms with Crippen molar-refractivity contribution in [3.63, 3.8) is 0 Å². The highest BCUT2D eigenvalue weighted by molar-refractivity contribution is 9.10. The van der Waals surface area contributed by atoms with Crippen molar-refractivity contribution < 1.29 is 0 Å². The summed E-state index contributed by atoms with van der Waals surface area (Å²) >= 11 is 3.49. The summed E-state index contributed by atoms with van der Waals surface area (Å²) in [4.78, 5) is 7.72. The average molecular weight is 320 g/mol. The molecule has 19 heavy (non-hydrogen) atoms. The molecule has 0 unspecified atom stereocenters. The molecule has 98 valence electrons. The molecule has 1 aromatic carbocycles. The van der Waals surface area contributed by atoms with Crippen molar-refractivity contribution in [3.05, 3.63) is 34.4 Å². The zero-order chi connectivity index (χ0) is 13.6. The highest BCUT2D eigenvalue weighted by Gasteiger charge is 2.18. The van der Waals surface area contributed by atoms with E-state index in [0.717, 1.165) is 21.2 Å². The van der Waals surface area contributed by atoms with E-state index < -0.39 is 0 Å². The Bertz CT molecular complexity index is 708. The number of para-hydroxylation sites is 2. The summed E-state index contributed by atoms with van der Waals surface area (Å²) in [6.45, 7) is 4.16. The maximum absolute atomic E-state index is 6.09. The molecule has 0 bridgehead atoms. The maximum Gasteiger partial charge on any atom is 0.231 e. The van der Waals surface area contributed by atoms with Crippen LogP contribution in [0.4, 0.5) is 5.82 Å². The fourth-order valence-corrected chi connectivity index (χ4v) is 2.70. The van der Waals surface area contributed by atoms with Crippen molar-refractivity contribution >= 4 is 32.8 Å². The van der Waals surface area contributed by atoms with Crippen molar-refractivity contribution in [3.8, 4) is 5.95 Å². The number of benzene rings is 1. The number of imidazole rings is 1. The molecule has 0 saturated heterocycles. The van der Waals surface area contributed by atoms with Crippen molar-refractivity contribution in [2.24, 2.45) is 0 Å². The topological polar surface area (TPSA) is 72.5 Å². The first-order chi connectivity index (χ1) is 9.08. The van der Waals surface area contributed by atoms with Gasteiger partial charge in [-0.25, -0.2) is 4.98 Å². The van der Waals surface area contributed by atoms with E-state index in [2.05, 4.69) is 44.8 Å². The van der Waals surface area contributed by atoms with Crippen LogP contribution in [0.25, 0.3) is 17.0 Å². The van der Waals surface area contributed by atoms with Gasteiger partial charge in [0.2, 0.25) is 5.95 Å². The van der Waals surface area contributed by atoms with Crippen LogP contribution >= 0.6 is 15.9 Å². The average Bonchev–Trinajstić information content (AvgIpc) is 2.92. The second-order valence-electron chi connectivity index (χ2n) is 4.73. The summed E-state index contributed by atoms with van der Waals surface area (Å²) in [5.74, 6) is 1.48. The summed E-state index contributed by atoms with van der Waals surface area (Å²) in [5, 5.41) is 4.53. The molecule has 3 N–H and O–H groups in total. The van der Waals surface area contributed by atoms with Gasteiger partial charge in [0, 0.05) is 0 Å². The van der Waals surface area contributed by atoms with Gasteiger partial charge in [0.1, 0.15) is 5.82 Å². The lowest BCUT2D eigenvalue weighted by Crippen LogP contribution is -2.04. The summed E-state index contributed by atoms with van der Waals surface area (Å²) in [5.41, 5.74) is 8.88. The second-order valence-corrected chi connectivity index (χ2v) is 5.52. The minimum absolute atomic E-state index is 0.294. The van der Waals surface area contributed by atoms with Gasteiger partial charge in [-0.15, -0.1) is 0 Å². The first kappa shape index (κ1) is 12.2. The Labute approximate surface area is 119 Å². The zero-order valence-corrected chi connectivity index (χ0v) is 12.3. The normalized spacial score (nSPS) is 11.6. The molecular formula is C13H14BrN5. The van der Waals surface area contributed by atoms with Crippen molar-refractivity contribution in [1.82, 2.24) is 19.7 Å². The molecule has 0 amide bonds. The van der Waals surface area contributed by atoms with Gasteiger partial charge in [-0.05, 0) is 34.0 Å². The third-order valence-corrected chi connectivity index (χ3v) is 3.82. The van der Waals surface area contributed by atoms with Crippen LogP contribution in [-0.4, -0.2) is 19.7 Å². The molecule has 0 spiro atoms. The van der Waals surface area contributed by atoms with Crippen molar-refractivity contribution in [2.75, 3.05) is 5.73 Å². The molecule has 3 rings (SSSR count). The highest BCUT2D eigenvalue weighted by Crippen LogP contribution is 2.30. The van der Waals surface area contributed by atoms with E-state index in [4.69, 9.17) is 5.73 Å². The first-order valence-corrected chi connectivity index (χ1v) is 6.86. The van der Waals surface area contributed by atoms with Gasteiger partial charge in [0.25, 0.3) is 0 Å². The summed E-state index contributed by atoms with van der Waals surface area (Å²) in [6.07, 6.45) is 0. The molecular weight excluding hydrogens is 306 g/mol. The molecule has 0 saturated carbocycles. The number of hydrogen-bond acceptors (Lipinski definition) is 3. The Balaban J connectivity index is 2.18. The first-order valence-electron chi connectivity index (χ1n) is 6.07. The minimum Gasteiger partial charge on any atom is -0.383 e. The van der Waals surface area contributed by atoms with Crippen molar-refractivity contribution in [1.29, 1.82) is 0 Å². The van der Waals surface area contributed by atoms with Crippen molar-refractivity contribution in [2.45, 2.75) is 19.8 Å². The van der Waals surface area contributed by atoms with Crippen LogP contribution in [0, 0.1) is 0 Å². The van der Waals surface area contributed by atoms with Gasteiger partial charge in [-0.2, -0.15) is 9.78 Å². The van der Waals surface area contributed by atoms with E-state index in [9.17, 15) is 0 Å². The number of nitrogens with two attached hydrogens (primary N) is 1. The Kier molecular flexibility index (Phi) is 2.82. The van der Waals surface area contributed by atoms with Crippen LogP contribution < -0.4 is 5.73 Å². The van der Waals surface area contributed by atoms with E-state index in [1.807, 2.05) is 24.3 Å². The Morgan fingerprint density at radius 1 is 1.32 bits per heavy atom. The van der Waals surface area contributed by atoms with Gasteiger partial charge in [0.15, 0.2) is 0 Å². The quantitative estimate of drug-likeness (QED) is 0.761. The van der Waals surface area contributed by atoms with Crippen LogP contribution in [-0.2, 0) is 0 Å². The van der Waals surface area contributed by atoms with Crippen LogP contribution in [0.5, 0.6) is 0 Å². The number of nitrogen functional groups attached to an aromatic ring is 1. The molecule has 0 aliphatic rings. The lowest BCUT2D eigenvalue weighted by Gasteiger charge is -1.98. The van der Waals surface area contributed by atoms with E-state index in [1.54, 1.807) is 4.68 Å². The molecule has 2 heterocycles. The van der Waals surface area contributed by atoms with Crippen LogP contribution in [0.3, 0.4) is 0 Å². The molecule has 6 heteroatoms. The van der Waals surface area contributed by atoms with Crippen LogP contribution in [0.2, 0.25) is 0 Å². The lowest BCUT2D eigenvalue weighted by molar-refractivity contribution is 0.753. The lowest BCUT2D eigenvalue weighted by atomic mass is 10.1. The number of aromatic amines is 1. The Morgan fingerprint density at radius 3 is 2.68 bits per heavy atom. The summed E-state index contributed by atoms with van der Waals surface area (Å²) in [7, 11) is 0. The zero-order valence-electron chi connectivity index (χ0n) is 10.7. The van der Waals surface area contributed by atoms with E-state index in [1.165, 1.54) is 0 Å². The van der Waals surface area contributed by atoms with E-state index in [0.29, 0.717) is 17.7 Å². The van der Waals surface area contributed by atoms with Gasteiger partial charge < -0.3 is 10.7 Å². The standard InChI is InChI=1S/C13H14BrN5/c1-7(2)11-10(14)12(15)19(18-11)13-16-8-5-3-4-6-9(8)17-13/h3-7H,15H2,1-2H3,(H,16,17). The molecule has 3 aromatic rings. The van der Waals surface area contributed by atoms with Gasteiger partial charge in [0.05, 0.1) is 21.2 Å². The molecule has 0 atom stereocenters. The van der Waals surface area contributed by atoms with Gasteiger partial charge in [-0.1, -0.05) is 26.0 Å². The molecule has 0 aliphatic heterocycles. The number of anilines is 1. The minimum atomic E-state index is 0.294. The Morgan fingerprint density at radius 2 is 2.05 bits per heavy atom. The number of halogens is 1. The summed E-state index contributed by atoms with van der Waals surface area (Å²) in [6, 6.07) is 7.85. The highest BCUT2D eigenvalue weighted by atomic mass is 79.9. The van der Waals surface area contributed by atoms with E-state index in [-0.39, 0.29) is 0 Å². The number of hydrogen-bond donors (Lipinski definition) is 2. The fourth-order valence-electron chi connectivity index (χ4n) is 2.00. The Hall–Kier alpha value is -1.82. The van der Waals surface area contributed by atoms with Gasteiger partial charge in [-0.3, -0.25) is 0 Å².